The highest BCUT2D eigenvalue weighted by Gasteiger charge is 2.12. The smallest absolute Gasteiger partial charge is 0.0994 e. The maximum Gasteiger partial charge on any atom is 0.0994 e. The van der Waals surface area contributed by atoms with Gasteiger partial charge < -0.3 is 4.74 Å². The van der Waals surface area contributed by atoms with E-state index >= 15 is 0 Å². The molecule has 1 unspecified atom stereocenters. The van der Waals surface area contributed by atoms with Crippen LogP contribution in [-0.2, 0) is 11.2 Å². The Morgan fingerprint density at radius 3 is 2.60 bits per heavy atom. The molecule has 20 heavy (non-hydrogen) atoms. The SMILES string of the molecule is C=C(CCc1cccc(C)c1)OC(=C)C(CC)CCC. The molecule has 0 heterocycles. The van der Waals surface area contributed by atoms with Gasteiger partial charge in [-0.2, -0.15) is 0 Å². The van der Waals surface area contributed by atoms with Crippen LogP contribution in [0.25, 0.3) is 0 Å². The minimum Gasteiger partial charge on any atom is -0.467 e. The minimum absolute atomic E-state index is 0.454. The molecule has 0 aliphatic heterocycles. The van der Waals surface area contributed by atoms with E-state index in [0.717, 1.165) is 43.6 Å². The van der Waals surface area contributed by atoms with Crippen LogP contribution in [0.1, 0.15) is 50.7 Å². The molecule has 1 aromatic carbocycles. The Morgan fingerprint density at radius 2 is 2.00 bits per heavy atom. The Morgan fingerprint density at radius 1 is 1.25 bits per heavy atom. The van der Waals surface area contributed by atoms with Crippen LogP contribution in [0.4, 0.5) is 0 Å². The number of hydrogen-bond acceptors (Lipinski definition) is 1. The van der Waals surface area contributed by atoms with Crippen LogP contribution in [0, 0.1) is 12.8 Å². The van der Waals surface area contributed by atoms with Crippen LogP contribution >= 0.6 is 0 Å². The van der Waals surface area contributed by atoms with Gasteiger partial charge in [0.25, 0.3) is 0 Å². The van der Waals surface area contributed by atoms with Gasteiger partial charge in [-0.15, -0.1) is 0 Å². The molecule has 1 heteroatoms. The number of ether oxygens (including phenoxy) is 1. The average molecular weight is 272 g/mol. The zero-order valence-electron chi connectivity index (χ0n) is 13.2. The van der Waals surface area contributed by atoms with Gasteiger partial charge in [-0.05, 0) is 31.7 Å². The molecule has 0 N–H and O–H groups in total. The van der Waals surface area contributed by atoms with E-state index in [1.54, 1.807) is 0 Å². The highest BCUT2D eigenvalue weighted by Crippen LogP contribution is 2.23. The van der Waals surface area contributed by atoms with Crippen molar-refractivity contribution in [1.82, 2.24) is 0 Å². The van der Waals surface area contributed by atoms with Crippen molar-refractivity contribution in [2.75, 3.05) is 0 Å². The first-order valence-electron chi connectivity index (χ1n) is 7.66. The van der Waals surface area contributed by atoms with E-state index in [1.807, 2.05) is 0 Å². The number of hydrogen-bond donors (Lipinski definition) is 0. The lowest BCUT2D eigenvalue weighted by Crippen LogP contribution is -2.05. The number of benzene rings is 1. The van der Waals surface area contributed by atoms with Crippen molar-refractivity contribution in [1.29, 1.82) is 0 Å². The van der Waals surface area contributed by atoms with E-state index in [-0.39, 0.29) is 0 Å². The summed E-state index contributed by atoms with van der Waals surface area (Å²) in [5, 5.41) is 0. The highest BCUT2D eigenvalue weighted by atomic mass is 16.5. The van der Waals surface area contributed by atoms with E-state index in [4.69, 9.17) is 4.74 Å². The third kappa shape index (κ3) is 5.64. The summed E-state index contributed by atoms with van der Waals surface area (Å²) in [6.07, 6.45) is 5.21. The fraction of sp³-hybridized carbons (Fsp3) is 0.474. The van der Waals surface area contributed by atoms with Crippen molar-refractivity contribution >= 4 is 0 Å². The predicted molar refractivity (Wildman–Crippen MR) is 87.6 cm³/mol. The molecule has 1 atom stereocenters. The Kier molecular flexibility index (Phi) is 7.14. The van der Waals surface area contributed by atoms with Crippen LogP contribution in [-0.4, -0.2) is 0 Å². The van der Waals surface area contributed by atoms with E-state index in [2.05, 4.69) is 58.2 Å². The molecular formula is C19H28O. The standard InChI is InChI=1S/C19H28O/c1-6-9-19(7-2)17(5)20-16(4)12-13-18-11-8-10-15(3)14-18/h8,10-11,14,19H,4-7,9,12-13H2,1-3H3. The summed E-state index contributed by atoms with van der Waals surface area (Å²) in [6.45, 7) is 14.6. The largest absolute Gasteiger partial charge is 0.467 e. The molecule has 1 rings (SSSR count). The third-order valence-corrected chi connectivity index (χ3v) is 3.64. The first-order chi connectivity index (χ1) is 9.56. The molecule has 0 aromatic heterocycles. The van der Waals surface area contributed by atoms with Crippen LogP contribution < -0.4 is 0 Å². The Labute approximate surface area is 124 Å². The molecule has 0 saturated heterocycles. The lowest BCUT2D eigenvalue weighted by atomic mass is 9.99. The first-order valence-corrected chi connectivity index (χ1v) is 7.66. The normalized spacial score (nSPS) is 11.9. The minimum atomic E-state index is 0.454. The molecule has 110 valence electrons. The summed E-state index contributed by atoms with van der Waals surface area (Å²) in [5.74, 6) is 2.16. The molecule has 0 amide bonds. The quantitative estimate of drug-likeness (QED) is 0.516. The predicted octanol–water partition coefficient (Wildman–Crippen LogP) is 5.80. The van der Waals surface area contributed by atoms with Crippen LogP contribution in [0.3, 0.4) is 0 Å². The second kappa shape index (κ2) is 8.63. The Balaban J connectivity index is 2.41. The van der Waals surface area contributed by atoms with Gasteiger partial charge in [-0.25, -0.2) is 0 Å². The lowest BCUT2D eigenvalue weighted by molar-refractivity contribution is 0.237. The fourth-order valence-corrected chi connectivity index (χ4v) is 2.41. The molecule has 0 fully saturated rings. The topological polar surface area (TPSA) is 9.23 Å². The summed E-state index contributed by atoms with van der Waals surface area (Å²) in [7, 11) is 0. The second-order valence-electron chi connectivity index (χ2n) is 5.49. The molecule has 0 aliphatic rings. The van der Waals surface area contributed by atoms with E-state index in [1.165, 1.54) is 11.1 Å². The van der Waals surface area contributed by atoms with Crippen molar-refractivity contribution < 1.29 is 4.74 Å². The van der Waals surface area contributed by atoms with Gasteiger partial charge in [0.1, 0.15) is 0 Å². The molecular weight excluding hydrogens is 244 g/mol. The molecule has 0 bridgehead atoms. The zero-order valence-corrected chi connectivity index (χ0v) is 13.2. The molecule has 0 spiro atoms. The monoisotopic (exact) mass is 272 g/mol. The molecule has 0 saturated carbocycles. The third-order valence-electron chi connectivity index (χ3n) is 3.64. The van der Waals surface area contributed by atoms with Gasteiger partial charge in [0.15, 0.2) is 0 Å². The van der Waals surface area contributed by atoms with Crippen LogP contribution in [0.2, 0.25) is 0 Å². The summed E-state index contributed by atoms with van der Waals surface area (Å²) < 4.78 is 5.82. The van der Waals surface area contributed by atoms with E-state index in [9.17, 15) is 0 Å². The van der Waals surface area contributed by atoms with E-state index in [0.29, 0.717) is 5.92 Å². The first kappa shape index (κ1) is 16.6. The van der Waals surface area contributed by atoms with Crippen molar-refractivity contribution in [2.24, 2.45) is 5.92 Å². The Bertz CT molecular complexity index is 445. The summed E-state index contributed by atoms with van der Waals surface area (Å²) in [6, 6.07) is 8.59. The molecule has 1 nitrogen and oxygen atoms in total. The lowest BCUT2D eigenvalue weighted by Gasteiger charge is -2.19. The summed E-state index contributed by atoms with van der Waals surface area (Å²) in [5.41, 5.74) is 2.63. The van der Waals surface area contributed by atoms with Crippen LogP contribution in [0.5, 0.6) is 0 Å². The number of rotatable bonds is 9. The van der Waals surface area contributed by atoms with Gasteiger partial charge in [0.05, 0.1) is 11.5 Å². The maximum absolute atomic E-state index is 5.82. The van der Waals surface area contributed by atoms with E-state index < -0.39 is 0 Å². The van der Waals surface area contributed by atoms with Gasteiger partial charge in [-0.1, -0.05) is 63.3 Å². The highest BCUT2D eigenvalue weighted by molar-refractivity contribution is 5.22. The maximum atomic E-state index is 5.82. The zero-order chi connectivity index (χ0) is 15.0. The van der Waals surface area contributed by atoms with Crippen molar-refractivity contribution in [3.8, 4) is 0 Å². The number of allylic oxidation sites excluding steroid dienone is 2. The van der Waals surface area contributed by atoms with Gasteiger partial charge in [0, 0.05) is 12.3 Å². The summed E-state index contributed by atoms with van der Waals surface area (Å²) in [4.78, 5) is 0. The Hall–Kier alpha value is -1.50. The van der Waals surface area contributed by atoms with Gasteiger partial charge >= 0.3 is 0 Å². The molecule has 1 aromatic rings. The molecule has 0 aliphatic carbocycles. The molecule has 0 radical (unpaired) electrons. The summed E-state index contributed by atoms with van der Waals surface area (Å²) >= 11 is 0. The van der Waals surface area contributed by atoms with Gasteiger partial charge in [-0.3, -0.25) is 0 Å². The second-order valence-corrected chi connectivity index (χ2v) is 5.49. The number of aryl methyl sites for hydroxylation is 2. The van der Waals surface area contributed by atoms with Crippen LogP contribution in [0.15, 0.2) is 48.9 Å². The van der Waals surface area contributed by atoms with Crippen molar-refractivity contribution in [3.05, 3.63) is 60.1 Å². The fourth-order valence-electron chi connectivity index (χ4n) is 2.41. The average Bonchev–Trinajstić information content (AvgIpc) is 2.42. The van der Waals surface area contributed by atoms with Gasteiger partial charge in [0.2, 0.25) is 0 Å². The van der Waals surface area contributed by atoms with Crippen molar-refractivity contribution in [2.45, 2.75) is 52.9 Å². The van der Waals surface area contributed by atoms with Crippen molar-refractivity contribution in [3.63, 3.8) is 0 Å².